The number of likely N-dealkylation sites (tertiary alicyclic amines) is 1. The molecule has 3 heterocycles. The van der Waals surface area contributed by atoms with Crippen molar-refractivity contribution in [2.75, 3.05) is 13.1 Å². The molecular formula is C27H24N4O. The fraction of sp³-hybridized carbons (Fsp3) is 0.185. The Morgan fingerprint density at radius 1 is 0.906 bits per heavy atom. The summed E-state index contributed by atoms with van der Waals surface area (Å²) in [6, 6.07) is 25.1. The van der Waals surface area contributed by atoms with Gasteiger partial charge in [0.15, 0.2) is 0 Å². The molecule has 0 spiro atoms. The molecule has 5 nitrogen and oxygen atoms in total. The predicted molar refractivity (Wildman–Crippen MR) is 127 cm³/mol. The lowest BCUT2D eigenvalue weighted by atomic mass is 9.96. The van der Waals surface area contributed by atoms with Gasteiger partial charge in [-0.3, -0.25) is 4.90 Å². The SMILES string of the molecule is CC1CN(Cc2ccc(-c3noc(-c4ccc(-c5ccc[nH]5)cc4)n3)c3ccccc23)C1. The molecule has 1 aliphatic heterocycles. The first-order valence-corrected chi connectivity index (χ1v) is 11.1. The predicted octanol–water partition coefficient (Wildman–Crippen LogP) is 6.00. The van der Waals surface area contributed by atoms with E-state index >= 15 is 0 Å². The molecule has 32 heavy (non-hydrogen) atoms. The van der Waals surface area contributed by atoms with Gasteiger partial charge < -0.3 is 9.51 Å². The third kappa shape index (κ3) is 3.41. The van der Waals surface area contributed by atoms with Crippen LogP contribution in [-0.4, -0.2) is 33.1 Å². The molecule has 0 unspecified atom stereocenters. The van der Waals surface area contributed by atoms with Crippen LogP contribution in [0.5, 0.6) is 0 Å². The van der Waals surface area contributed by atoms with Crippen LogP contribution in [0.15, 0.2) is 83.5 Å². The molecule has 0 atom stereocenters. The molecule has 1 aliphatic rings. The molecular weight excluding hydrogens is 396 g/mol. The summed E-state index contributed by atoms with van der Waals surface area (Å²) in [5.74, 6) is 1.95. The Hall–Kier alpha value is -3.70. The Bertz CT molecular complexity index is 1360. The van der Waals surface area contributed by atoms with Gasteiger partial charge in [-0.1, -0.05) is 60.6 Å². The number of hydrogen-bond donors (Lipinski definition) is 1. The molecule has 2 aromatic heterocycles. The number of benzene rings is 3. The van der Waals surface area contributed by atoms with Crippen LogP contribution in [-0.2, 0) is 6.54 Å². The lowest BCUT2D eigenvalue weighted by Gasteiger charge is -2.37. The first kappa shape index (κ1) is 19.0. The average molecular weight is 421 g/mol. The lowest BCUT2D eigenvalue weighted by molar-refractivity contribution is 0.105. The zero-order valence-corrected chi connectivity index (χ0v) is 18.0. The van der Waals surface area contributed by atoms with Gasteiger partial charge >= 0.3 is 0 Å². The normalized spacial score (nSPS) is 14.7. The number of nitrogens with zero attached hydrogens (tertiary/aromatic N) is 3. The second-order valence-electron chi connectivity index (χ2n) is 8.70. The van der Waals surface area contributed by atoms with Crippen LogP contribution in [0.25, 0.3) is 44.9 Å². The van der Waals surface area contributed by atoms with Gasteiger partial charge in [0.05, 0.1) is 0 Å². The van der Waals surface area contributed by atoms with Gasteiger partial charge in [-0.15, -0.1) is 0 Å². The van der Waals surface area contributed by atoms with Crippen LogP contribution in [0.2, 0.25) is 0 Å². The lowest BCUT2D eigenvalue weighted by Crippen LogP contribution is -2.44. The van der Waals surface area contributed by atoms with Crippen LogP contribution in [0.3, 0.4) is 0 Å². The standard InChI is InChI=1S/C27H24N4O/c1-18-15-31(16-18)17-21-12-13-24(23-6-3-2-5-22(21)23)26-29-27(32-30-26)20-10-8-19(9-11-20)25-7-4-14-28-25/h2-14,18,28H,15-17H2,1H3. The van der Waals surface area contributed by atoms with E-state index in [1.165, 1.54) is 24.0 Å². The molecule has 0 bridgehead atoms. The summed E-state index contributed by atoms with van der Waals surface area (Å²) >= 11 is 0. The number of rotatable bonds is 5. The smallest absolute Gasteiger partial charge is 0.258 e. The van der Waals surface area contributed by atoms with Crippen molar-refractivity contribution >= 4 is 10.8 Å². The fourth-order valence-electron chi connectivity index (χ4n) is 4.64. The number of hydrogen-bond acceptors (Lipinski definition) is 4. The van der Waals surface area contributed by atoms with E-state index in [1.807, 2.05) is 24.4 Å². The molecule has 0 amide bonds. The molecule has 6 rings (SSSR count). The largest absolute Gasteiger partial charge is 0.361 e. The highest BCUT2D eigenvalue weighted by atomic mass is 16.5. The fourth-order valence-corrected chi connectivity index (χ4v) is 4.64. The van der Waals surface area contributed by atoms with Crippen LogP contribution in [0, 0.1) is 5.92 Å². The van der Waals surface area contributed by atoms with Gasteiger partial charge in [-0.25, -0.2) is 0 Å². The summed E-state index contributed by atoms with van der Waals surface area (Å²) < 4.78 is 5.64. The Morgan fingerprint density at radius 2 is 1.69 bits per heavy atom. The Labute approximate surface area is 186 Å². The highest BCUT2D eigenvalue weighted by Crippen LogP contribution is 2.32. The number of aromatic nitrogens is 3. The minimum absolute atomic E-state index is 0.528. The topological polar surface area (TPSA) is 58.0 Å². The minimum atomic E-state index is 0.528. The van der Waals surface area contributed by atoms with E-state index in [4.69, 9.17) is 9.51 Å². The maximum absolute atomic E-state index is 5.64. The second kappa shape index (κ2) is 7.77. The maximum Gasteiger partial charge on any atom is 0.258 e. The highest BCUT2D eigenvalue weighted by molar-refractivity contribution is 5.97. The number of fused-ring (bicyclic) bond motifs is 1. The third-order valence-electron chi connectivity index (χ3n) is 6.26. The molecule has 0 saturated carbocycles. The van der Waals surface area contributed by atoms with Crippen LogP contribution >= 0.6 is 0 Å². The average Bonchev–Trinajstić information content (AvgIpc) is 3.51. The van der Waals surface area contributed by atoms with Crippen molar-refractivity contribution in [2.45, 2.75) is 13.5 Å². The number of nitrogens with one attached hydrogen (secondary N) is 1. The Morgan fingerprint density at radius 3 is 2.44 bits per heavy atom. The summed E-state index contributed by atoms with van der Waals surface area (Å²) in [5, 5.41) is 6.73. The van der Waals surface area contributed by atoms with E-state index in [1.54, 1.807) is 0 Å². The van der Waals surface area contributed by atoms with Gasteiger partial charge in [0, 0.05) is 42.7 Å². The van der Waals surface area contributed by atoms with Gasteiger partial charge in [-0.05, 0) is 52.1 Å². The van der Waals surface area contributed by atoms with Crippen LogP contribution in [0.4, 0.5) is 0 Å². The van der Waals surface area contributed by atoms with Crippen molar-refractivity contribution in [1.29, 1.82) is 0 Å². The molecule has 5 aromatic rings. The van der Waals surface area contributed by atoms with Crippen molar-refractivity contribution in [1.82, 2.24) is 20.0 Å². The third-order valence-corrected chi connectivity index (χ3v) is 6.26. The van der Waals surface area contributed by atoms with Gasteiger partial charge in [-0.2, -0.15) is 4.98 Å². The van der Waals surface area contributed by atoms with E-state index < -0.39 is 0 Å². The maximum atomic E-state index is 5.64. The summed E-state index contributed by atoms with van der Waals surface area (Å²) in [5.41, 5.74) is 5.46. The highest BCUT2D eigenvalue weighted by Gasteiger charge is 2.23. The monoisotopic (exact) mass is 420 g/mol. The van der Waals surface area contributed by atoms with Gasteiger partial charge in [0.1, 0.15) is 0 Å². The van der Waals surface area contributed by atoms with Gasteiger partial charge in [0.25, 0.3) is 5.89 Å². The summed E-state index contributed by atoms with van der Waals surface area (Å²) in [7, 11) is 0. The Kier molecular flexibility index (Phi) is 4.62. The molecule has 0 aliphatic carbocycles. The van der Waals surface area contributed by atoms with Crippen LogP contribution in [0.1, 0.15) is 12.5 Å². The molecule has 0 radical (unpaired) electrons. The molecule has 5 heteroatoms. The van der Waals surface area contributed by atoms with Crippen molar-refractivity contribution in [3.63, 3.8) is 0 Å². The van der Waals surface area contributed by atoms with E-state index in [-0.39, 0.29) is 0 Å². The van der Waals surface area contributed by atoms with Crippen LogP contribution < -0.4 is 0 Å². The Balaban J connectivity index is 1.32. The summed E-state index contributed by atoms with van der Waals surface area (Å²) in [6.07, 6.45) is 1.92. The molecule has 1 saturated heterocycles. The van der Waals surface area contributed by atoms with Crippen molar-refractivity contribution < 1.29 is 4.52 Å². The molecule has 1 N–H and O–H groups in total. The molecule has 3 aromatic carbocycles. The van der Waals surface area contributed by atoms with Gasteiger partial charge in [0.2, 0.25) is 5.82 Å². The van der Waals surface area contributed by atoms with E-state index in [0.717, 1.165) is 40.2 Å². The first-order chi connectivity index (χ1) is 15.7. The van der Waals surface area contributed by atoms with Crippen molar-refractivity contribution in [3.05, 3.63) is 84.6 Å². The number of aromatic amines is 1. The summed E-state index contributed by atoms with van der Waals surface area (Å²) in [4.78, 5) is 10.4. The summed E-state index contributed by atoms with van der Waals surface area (Å²) in [6.45, 7) is 5.63. The quantitative estimate of drug-likeness (QED) is 0.379. The van der Waals surface area contributed by atoms with E-state index in [0.29, 0.717) is 11.7 Å². The molecule has 1 fully saturated rings. The van der Waals surface area contributed by atoms with Crippen molar-refractivity contribution in [2.24, 2.45) is 5.92 Å². The van der Waals surface area contributed by atoms with E-state index in [9.17, 15) is 0 Å². The minimum Gasteiger partial charge on any atom is -0.361 e. The first-order valence-electron chi connectivity index (χ1n) is 11.1. The second-order valence-corrected chi connectivity index (χ2v) is 8.70. The van der Waals surface area contributed by atoms with Crippen molar-refractivity contribution in [3.8, 4) is 34.1 Å². The zero-order valence-electron chi connectivity index (χ0n) is 18.0. The zero-order chi connectivity index (χ0) is 21.5. The number of H-pyrrole nitrogens is 1. The molecule has 158 valence electrons. The van der Waals surface area contributed by atoms with E-state index in [2.05, 4.69) is 76.6 Å².